The van der Waals surface area contributed by atoms with Crippen molar-refractivity contribution >= 4 is 34.2 Å². The Kier molecular flexibility index (Phi) is 5.53. The first-order valence-corrected chi connectivity index (χ1v) is 9.21. The SMILES string of the molecule is CN(C(=O)C1CCCCC1)c1ccc2c(C(=O)NCC(F)(F)F)c(N)[nH]c2c1. The fraction of sp³-hybridized carbons (Fsp3) is 0.474. The molecular formula is C19H23F3N4O2. The van der Waals surface area contributed by atoms with Crippen molar-refractivity contribution in [2.75, 3.05) is 24.2 Å². The molecule has 152 valence electrons. The molecule has 1 aromatic carbocycles. The average molecular weight is 396 g/mol. The van der Waals surface area contributed by atoms with Gasteiger partial charge in [-0.1, -0.05) is 19.3 Å². The number of nitrogens with zero attached hydrogens (tertiary/aromatic N) is 1. The summed E-state index contributed by atoms with van der Waals surface area (Å²) in [5, 5.41) is 2.23. The van der Waals surface area contributed by atoms with E-state index in [1.807, 2.05) is 5.32 Å². The van der Waals surface area contributed by atoms with Gasteiger partial charge in [0.05, 0.1) is 5.56 Å². The molecule has 0 bridgehead atoms. The van der Waals surface area contributed by atoms with E-state index in [1.54, 1.807) is 30.1 Å². The Balaban J connectivity index is 1.82. The van der Waals surface area contributed by atoms with E-state index in [4.69, 9.17) is 5.73 Å². The molecule has 0 aliphatic heterocycles. The molecule has 0 unspecified atom stereocenters. The molecule has 1 fully saturated rings. The van der Waals surface area contributed by atoms with Crippen molar-refractivity contribution in [1.82, 2.24) is 10.3 Å². The van der Waals surface area contributed by atoms with E-state index in [0.717, 1.165) is 32.1 Å². The summed E-state index contributed by atoms with van der Waals surface area (Å²) in [6.45, 7) is -1.44. The van der Waals surface area contributed by atoms with Gasteiger partial charge in [0.15, 0.2) is 0 Å². The molecule has 0 saturated heterocycles. The molecule has 28 heavy (non-hydrogen) atoms. The summed E-state index contributed by atoms with van der Waals surface area (Å²) in [5.74, 6) is -0.873. The van der Waals surface area contributed by atoms with Crippen LogP contribution in [0.25, 0.3) is 10.9 Å². The number of aromatic amines is 1. The van der Waals surface area contributed by atoms with E-state index in [2.05, 4.69) is 4.98 Å². The van der Waals surface area contributed by atoms with Crippen LogP contribution in [0.15, 0.2) is 18.2 Å². The number of rotatable bonds is 4. The van der Waals surface area contributed by atoms with Gasteiger partial charge in [0, 0.05) is 29.6 Å². The van der Waals surface area contributed by atoms with E-state index in [1.165, 1.54) is 0 Å². The van der Waals surface area contributed by atoms with Gasteiger partial charge in [-0.3, -0.25) is 9.59 Å². The first kappa shape index (κ1) is 20.0. The molecule has 6 nitrogen and oxygen atoms in total. The lowest BCUT2D eigenvalue weighted by Gasteiger charge is -2.26. The first-order valence-electron chi connectivity index (χ1n) is 9.21. The number of nitrogens with two attached hydrogens (primary N) is 1. The average Bonchev–Trinajstić information content (AvgIpc) is 3.00. The molecule has 1 heterocycles. The number of hydrogen-bond donors (Lipinski definition) is 3. The lowest BCUT2D eigenvalue weighted by Crippen LogP contribution is -2.34. The summed E-state index contributed by atoms with van der Waals surface area (Å²) in [6, 6.07) is 4.93. The van der Waals surface area contributed by atoms with Crippen LogP contribution in [0, 0.1) is 5.92 Å². The van der Waals surface area contributed by atoms with Crippen molar-refractivity contribution in [3.63, 3.8) is 0 Å². The Morgan fingerprint density at radius 2 is 1.93 bits per heavy atom. The van der Waals surface area contributed by atoms with Gasteiger partial charge in [0.2, 0.25) is 5.91 Å². The smallest absolute Gasteiger partial charge is 0.385 e. The van der Waals surface area contributed by atoms with Crippen LogP contribution in [0.2, 0.25) is 0 Å². The number of carbonyl (C=O) groups excluding carboxylic acids is 2. The molecule has 0 spiro atoms. The minimum Gasteiger partial charge on any atom is -0.385 e. The number of anilines is 2. The van der Waals surface area contributed by atoms with Crippen LogP contribution < -0.4 is 16.0 Å². The summed E-state index contributed by atoms with van der Waals surface area (Å²) in [7, 11) is 1.70. The van der Waals surface area contributed by atoms with Crippen LogP contribution >= 0.6 is 0 Å². The number of alkyl halides is 3. The monoisotopic (exact) mass is 396 g/mol. The lowest BCUT2D eigenvalue weighted by atomic mass is 9.88. The largest absolute Gasteiger partial charge is 0.405 e. The molecule has 0 atom stereocenters. The summed E-state index contributed by atoms with van der Waals surface area (Å²) < 4.78 is 37.1. The van der Waals surface area contributed by atoms with E-state index >= 15 is 0 Å². The number of nitrogen functional groups attached to an aromatic ring is 1. The van der Waals surface area contributed by atoms with Crippen molar-refractivity contribution in [3.8, 4) is 0 Å². The topological polar surface area (TPSA) is 91.2 Å². The van der Waals surface area contributed by atoms with Gasteiger partial charge in [-0.15, -0.1) is 0 Å². The van der Waals surface area contributed by atoms with Crippen molar-refractivity contribution in [2.45, 2.75) is 38.3 Å². The van der Waals surface area contributed by atoms with Gasteiger partial charge in [-0.05, 0) is 31.0 Å². The zero-order valence-corrected chi connectivity index (χ0v) is 15.5. The van der Waals surface area contributed by atoms with Gasteiger partial charge in [0.1, 0.15) is 12.4 Å². The predicted octanol–water partition coefficient (Wildman–Crippen LogP) is 3.59. The van der Waals surface area contributed by atoms with Gasteiger partial charge < -0.3 is 20.9 Å². The standard InChI is InChI=1S/C19H23F3N4O2/c1-26(18(28)11-5-3-2-4-6-11)12-7-8-13-14(9-12)25-16(23)15(13)17(27)24-10-19(20,21)22/h7-9,11,25H,2-6,10,23H2,1H3,(H,24,27). The Morgan fingerprint density at radius 3 is 2.57 bits per heavy atom. The van der Waals surface area contributed by atoms with Crippen molar-refractivity contribution in [2.24, 2.45) is 5.92 Å². The minimum atomic E-state index is -4.51. The van der Waals surface area contributed by atoms with E-state index < -0.39 is 18.6 Å². The zero-order chi connectivity index (χ0) is 20.5. The highest BCUT2D eigenvalue weighted by atomic mass is 19.4. The molecule has 4 N–H and O–H groups in total. The quantitative estimate of drug-likeness (QED) is 0.738. The third-order valence-electron chi connectivity index (χ3n) is 5.16. The third-order valence-corrected chi connectivity index (χ3v) is 5.16. The van der Waals surface area contributed by atoms with Crippen molar-refractivity contribution < 1.29 is 22.8 Å². The number of amides is 2. The molecule has 2 amide bonds. The number of halogens is 3. The normalized spacial score (nSPS) is 15.6. The predicted molar refractivity (Wildman–Crippen MR) is 101 cm³/mol. The van der Waals surface area contributed by atoms with Crippen LogP contribution in [0.4, 0.5) is 24.7 Å². The van der Waals surface area contributed by atoms with Crippen LogP contribution in [0.3, 0.4) is 0 Å². The Morgan fingerprint density at radius 1 is 1.25 bits per heavy atom. The second kappa shape index (κ2) is 7.73. The number of nitrogens with one attached hydrogen (secondary N) is 2. The number of carbonyl (C=O) groups is 2. The summed E-state index contributed by atoms with van der Waals surface area (Å²) in [5.41, 5.74) is 6.90. The van der Waals surface area contributed by atoms with Crippen LogP contribution in [-0.2, 0) is 4.79 Å². The minimum absolute atomic E-state index is 0.00636. The van der Waals surface area contributed by atoms with Gasteiger partial charge in [-0.25, -0.2) is 0 Å². The van der Waals surface area contributed by atoms with Crippen molar-refractivity contribution in [1.29, 1.82) is 0 Å². The number of fused-ring (bicyclic) bond motifs is 1. The molecule has 9 heteroatoms. The Labute approximate surface area is 160 Å². The number of hydrogen-bond acceptors (Lipinski definition) is 3. The molecule has 0 radical (unpaired) electrons. The number of aromatic nitrogens is 1. The number of benzene rings is 1. The maximum atomic E-state index is 12.7. The van der Waals surface area contributed by atoms with Crippen LogP contribution in [0.5, 0.6) is 0 Å². The van der Waals surface area contributed by atoms with E-state index in [0.29, 0.717) is 16.6 Å². The fourth-order valence-electron chi connectivity index (χ4n) is 3.68. The molecule has 1 aliphatic carbocycles. The molecular weight excluding hydrogens is 373 g/mol. The van der Waals surface area contributed by atoms with Crippen LogP contribution in [0.1, 0.15) is 42.5 Å². The summed E-state index contributed by atoms with van der Waals surface area (Å²) >= 11 is 0. The highest BCUT2D eigenvalue weighted by molar-refractivity contribution is 6.12. The highest BCUT2D eigenvalue weighted by Crippen LogP contribution is 2.31. The van der Waals surface area contributed by atoms with E-state index in [9.17, 15) is 22.8 Å². The second-order valence-electron chi connectivity index (χ2n) is 7.17. The first-order chi connectivity index (χ1) is 13.2. The van der Waals surface area contributed by atoms with Gasteiger partial charge in [-0.2, -0.15) is 13.2 Å². The molecule has 1 aliphatic rings. The summed E-state index contributed by atoms with van der Waals surface area (Å²) in [6.07, 6.45) is 0.501. The summed E-state index contributed by atoms with van der Waals surface area (Å²) in [4.78, 5) is 29.3. The third kappa shape index (κ3) is 4.23. The Bertz CT molecular complexity index is 885. The highest BCUT2D eigenvalue weighted by Gasteiger charge is 2.29. The molecule has 1 saturated carbocycles. The second-order valence-corrected chi connectivity index (χ2v) is 7.17. The van der Waals surface area contributed by atoms with Crippen LogP contribution in [-0.4, -0.2) is 36.6 Å². The lowest BCUT2D eigenvalue weighted by molar-refractivity contribution is -0.123. The van der Waals surface area contributed by atoms with Crippen molar-refractivity contribution in [3.05, 3.63) is 23.8 Å². The Hall–Kier alpha value is -2.71. The zero-order valence-electron chi connectivity index (χ0n) is 15.5. The number of H-pyrrole nitrogens is 1. The maximum absolute atomic E-state index is 12.7. The molecule has 2 aromatic rings. The van der Waals surface area contributed by atoms with Gasteiger partial charge in [0.25, 0.3) is 5.91 Å². The molecule has 3 rings (SSSR count). The maximum Gasteiger partial charge on any atom is 0.405 e. The van der Waals surface area contributed by atoms with Gasteiger partial charge >= 0.3 is 6.18 Å². The molecule has 1 aromatic heterocycles. The fourth-order valence-corrected chi connectivity index (χ4v) is 3.68. The van der Waals surface area contributed by atoms with E-state index in [-0.39, 0.29) is 23.2 Å².